The highest BCUT2D eigenvalue weighted by molar-refractivity contribution is 5.89. The molecule has 2 heterocycles. The molecular weight excluding hydrogens is 312 g/mol. The van der Waals surface area contributed by atoms with Crippen LogP contribution in [0.15, 0.2) is 0 Å². The molecule has 2 aliphatic rings. The zero-order chi connectivity index (χ0) is 17.9. The third-order valence-corrected chi connectivity index (χ3v) is 3.84. The lowest BCUT2D eigenvalue weighted by molar-refractivity contribution is -0.140. The van der Waals surface area contributed by atoms with Crippen molar-refractivity contribution >= 4 is 17.8 Å². The zero-order valence-corrected chi connectivity index (χ0v) is 14.8. The highest BCUT2D eigenvalue weighted by atomic mass is 16.5. The molecule has 0 spiro atoms. The first-order valence-electron chi connectivity index (χ1n) is 8.70. The number of hydrogen-bond acceptors (Lipinski definition) is 4. The Morgan fingerprint density at radius 1 is 1.17 bits per heavy atom. The van der Waals surface area contributed by atoms with E-state index in [0.29, 0.717) is 39.3 Å². The number of urea groups is 1. The van der Waals surface area contributed by atoms with Crippen LogP contribution in [-0.4, -0.2) is 73.1 Å². The Kier molecular flexibility index (Phi) is 9.14. The van der Waals surface area contributed by atoms with Gasteiger partial charge in [-0.15, -0.1) is 0 Å². The van der Waals surface area contributed by atoms with Crippen molar-refractivity contribution in [2.24, 2.45) is 5.73 Å². The quantitative estimate of drug-likeness (QED) is 0.788. The Bertz CT molecular complexity index is 434. The molecule has 4 amide bonds. The molecule has 142 valence electrons. The summed E-state index contributed by atoms with van der Waals surface area (Å²) in [6, 6.07) is -0.828. The molecule has 8 heteroatoms. The summed E-state index contributed by atoms with van der Waals surface area (Å²) in [5.41, 5.74) is 5.33. The van der Waals surface area contributed by atoms with Crippen molar-refractivity contribution in [1.29, 1.82) is 0 Å². The lowest BCUT2D eigenvalue weighted by Crippen LogP contribution is -2.54. The van der Waals surface area contributed by atoms with Gasteiger partial charge in [-0.2, -0.15) is 0 Å². The second-order valence-corrected chi connectivity index (χ2v) is 5.97. The number of morpholine rings is 1. The fourth-order valence-corrected chi connectivity index (χ4v) is 2.66. The molecule has 2 saturated heterocycles. The maximum Gasteiger partial charge on any atom is 0.317 e. The zero-order valence-electron chi connectivity index (χ0n) is 14.8. The number of carbonyl (C=O) groups is 3. The van der Waals surface area contributed by atoms with Gasteiger partial charge >= 0.3 is 6.03 Å². The van der Waals surface area contributed by atoms with Crippen molar-refractivity contribution in [2.75, 3.05) is 39.4 Å². The van der Waals surface area contributed by atoms with Gasteiger partial charge in [-0.1, -0.05) is 20.3 Å². The van der Waals surface area contributed by atoms with Crippen molar-refractivity contribution in [3.8, 4) is 0 Å². The van der Waals surface area contributed by atoms with Crippen molar-refractivity contribution < 1.29 is 22.0 Å². The number of amides is 4. The lowest BCUT2D eigenvalue weighted by Gasteiger charge is -2.34. The maximum absolute atomic E-state index is 12.2. The molecule has 24 heavy (non-hydrogen) atoms. The number of nitrogens with one attached hydrogen (secondary N) is 1. The third-order valence-electron chi connectivity index (χ3n) is 3.84. The minimum Gasteiger partial charge on any atom is -0.378 e. The number of primary amides is 1. The van der Waals surface area contributed by atoms with Crippen molar-refractivity contribution in [3.05, 3.63) is 0 Å². The standard InChI is InChI=1S/C13H22N4O4.C3H8.2H2/c14-12(19)10-3-1-2-4-17(10)11(18)9-15-13(20)16-5-7-21-8-6-16;1-3-2;;/h10H,1-9H2,(H2,14,19)(H,15,20);3H2,1-2H3;2*1H/t10-;;;/m0.../s1. The summed E-state index contributed by atoms with van der Waals surface area (Å²) in [5.74, 6) is -0.748. The van der Waals surface area contributed by atoms with E-state index < -0.39 is 11.9 Å². The predicted octanol–water partition coefficient (Wildman–Crippen LogP) is 0.803. The van der Waals surface area contributed by atoms with Crippen LogP contribution in [-0.2, 0) is 14.3 Å². The smallest absolute Gasteiger partial charge is 0.317 e. The lowest BCUT2D eigenvalue weighted by atomic mass is 10.0. The van der Waals surface area contributed by atoms with E-state index in [9.17, 15) is 14.4 Å². The van der Waals surface area contributed by atoms with Gasteiger partial charge in [0, 0.05) is 22.5 Å². The molecule has 2 aliphatic heterocycles. The van der Waals surface area contributed by atoms with Gasteiger partial charge < -0.3 is 25.6 Å². The van der Waals surface area contributed by atoms with Crippen LogP contribution < -0.4 is 11.1 Å². The minimum absolute atomic E-state index is 0. The number of nitrogens with two attached hydrogens (primary N) is 1. The van der Waals surface area contributed by atoms with E-state index in [-0.39, 0.29) is 21.3 Å². The number of hydrogen-bond donors (Lipinski definition) is 2. The molecule has 0 unspecified atom stereocenters. The molecule has 2 rings (SSSR count). The van der Waals surface area contributed by atoms with Gasteiger partial charge in [0.1, 0.15) is 6.04 Å². The number of likely N-dealkylation sites (tertiary alicyclic amines) is 1. The average molecular weight is 346 g/mol. The number of carbonyl (C=O) groups excluding carboxylic acids is 3. The van der Waals surface area contributed by atoms with Crippen molar-refractivity contribution in [2.45, 2.75) is 45.6 Å². The van der Waals surface area contributed by atoms with Crippen LogP contribution in [0.2, 0.25) is 0 Å². The third kappa shape index (κ3) is 6.35. The van der Waals surface area contributed by atoms with Gasteiger partial charge in [0.25, 0.3) is 0 Å². The maximum atomic E-state index is 12.2. The van der Waals surface area contributed by atoms with Crippen LogP contribution in [0.1, 0.15) is 42.4 Å². The highest BCUT2D eigenvalue weighted by Gasteiger charge is 2.30. The summed E-state index contributed by atoms with van der Waals surface area (Å²) in [6.45, 7) is 6.72. The van der Waals surface area contributed by atoms with Gasteiger partial charge in [0.15, 0.2) is 0 Å². The molecule has 2 fully saturated rings. The van der Waals surface area contributed by atoms with Gasteiger partial charge in [-0.05, 0) is 19.3 Å². The first-order chi connectivity index (χ1) is 11.5. The van der Waals surface area contributed by atoms with E-state index in [1.165, 1.54) is 11.3 Å². The van der Waals surface area contributed by atoms with E-state index in [1.54, 1.807) is 4.90 Å². The molecule has 0 aromatic carbocycles. The van der Waals surface area contributed by atoms with E-state index in [0.717, 1.165) is 12.8 Å². The molecular formula is C16H34N4O4. The Morgan fingerprint density at radius 2 is 1.79 bits per heavy atom. The molecule has 0 radical (unpaired) electrons. The number of piperidine rings is 1. The largest absolute Gasteiger partial charge is 0.378 e. The van der Waals surface area contributed by atoms with Gasteiger partial charge in [-0.3, -0.25) is 9.59 Å². The van der Waals surface area contributed by atoms with E-state index in [1.807, 2.05) is 0 Å². The molecule has 1 atom stereocenters. The van der Waals surface area contributed by atoms with Crippen molar-refractivity contribution in [1.82, 2.24) is 15.1 Å². The summed E-state index contributed by atoms with van der Waals surface area (Å²) >= 11 is 0. The monoisotopic (exact) mass is 346 g/mol. The molecule has 8 nitrogen and oxygen atoms in total. The van der Waals surface area contributed by atoms with Crippen LogP contribution in [0.25, 0.3) is 0 Å². The van der Waals surface area contributed by atoms with E-state index >= 15 is 0 Å². The van der Waals surface area contributed by atoms with Gasteiger partial charge in [-0.25, -0.2) is 4.79 Å². The Balaban J connectivity index is 0. The number of rotatable bonds is 3. The molecule has 3 N–H and O–H groups in total. The van der Waals surface area contributed by atoms with Crippen LogP contribution >= 0.6 is 0 Å². The molecule has 0 bridgehead atoms. The summed E-state index contributed by atoms with van der Waals surface area (Å²) in [4.78, 5) is 38.5. The molecule has 0 aromatic heterocycles. The summed E-state index contributed by atoms with van der Waals surface area (Å²) in [7, 11) is 0. The normalized spacial score (nSPS) is 20.7. The van der Waals surface area contributed by atoms with Crippen LogP contribution in [0.3, 0.4) is 0 Å². The SMILES string of the molecule is CCC.NC(=O)[C@@H]1CCCCN1C(=O)CNC(=O)N1CCOCC1.[HH].[HH]. The van der Waals surface area contributed by atoms with Crippen molar-refractivity contribution in [3.63, 3.8) is 0 Å². The van der Waals surface area contributed by atoms with Gasteiger partial charge in [0.2, 0.25) is 11.8 Å². The number of ether oxygens (including phenoxy) is 1. The van der Waals surface area contributed by atoms with Gasteiger partial charge in [0.05, 0.1) is 19.8 Å². The molecule has 0 saturated carbocycles. The molecule has 0 aliphatic carbocycles. The van der Waals surface area contributed by atoms with E-state index in [2.05, 4.69) is 19.2 Å². The Labute approximate surface area is 146 Å². The number of nitrogens with zero attached hydrogens (tertiary/aromatic N) is 2. The minimum atomic E-state index is -0.550. The first kappa shape index (κ1) is 20.2. The second kappa shape index (κ2) is 10.9. The summed E-state index contributed by atoms with van der Waals surface area (Å²) < 4.78 is 5.16. The van der Waals surface area contributed by atoms with Crippen LogP contribution in [0.5, 0.6) is 0 Å². The Morgan fingerprint density at radius 3 is 2.38 bits per heavy atom. The fourth-order valence-electron chi connectivity index (χ4n) is 2.66. The predicted molar refractivity (Wildman–Crippen MR) is 94.5 cm³/mol. The second-order valence-electron chi connectivity index (χ2n) is 5.97. The Hall–Kier alpha value is -1.83. The van der Waals surface area contributed by atoms with Crippen LogP contribution in [0, 0.1) is 0 Å². The first-order valence-corrected chi connectivity index (χ1v) is 8.70. The molecule has 0 aromatic rings. The summed E-state index contributed by atoms with van der Waals surface area (Å²) in [6.07, 6.45) is 3.59. The van der Waals surface area contributed by atoms with Crippen LogP contribution in [0.4, 0.5) is 4.79 Å². The topological polar surface area (TPSA) is 105 Å². The van der Waals surface area contributed by atoms with E-state index in [4.69, 9.17) is 10.5 Å². The summed E-state index contributed by atoms with van der Waals surface area (Å²) in [5, 5.41) is 2.60. The fraction of sp³-hybridized carbons (Fsp3) is 0.812. The highest BCUT2D eigenvalue weighted by Crippen LogP contribution is 2.16. The average Bonchev–Trinajstić information content (AvgIpc) is 2.60.